The minimum atomic E-state index is 0.235. The molecule has 0 spiro atoms. The summed E-state index contributed by atoms with van der Waals surface area (Å²) in [6.45, 7) is 14.9. The summed E-state index contributed by atoms with van der Waals surface area (Å²) in [5.41, 5.74) is 1.69. The second-order valence-corrected chi connectivity index (χ2v) is 9.12. The number of rotatable bonds is 5. The van der Waals surface area contributed by atoms with Crippen LogP contribution in [0.1, 0.15) is 32.3 Å². The largest absolute Gasteiger partial charge is 0.379 e. The number of nitrogens with zero attached hydrogens (tertiary/aromatic N) is 3. The molecule has 0 N–H and O–H groups in total. The lowest BCUT2D eigenvalue weighted by atomic mass is 9.92. The van der Waals surface area contributed by atoms with Crippen LogP contribution in [0, 0.1) is 5.92 Å². The molecule has 4 nitrogen and oxygen atoms in total. The average molecular weight is 358 g/mol. The van der Waals surface area contributed by atoms with Gasteiger partial charge in [-0.05, 0) is 38.2 Å². The summed E-state index contributed by atoms with van der Waals surface area (Å²) < 4.78 is 5.56. The van der Waals surface area contributed by atoms with Crippen molar-refractivity contribution in [3.63, 3.8) is 0 Å². The Bertz CT molecular complexity index is 570. The molecule has 5 rings (SSSR count). The molecule has 4 fully saturated rings. The van der Waals surface area contributed by atoms with E-state index in [-0.39, 0.29) is 5.54 Å². The van der Waals surface area contributed by atoms with E-state index in [0.717, 1.165) is 44.8 Å². The third-order valence-electron chi connectivity index (χ3n) is 6.61. The van der Waals surface area contributed by atoms with Crippen LogP contribution in [0.5, 0.6) is 0 Å². The maximum absolute atomic E-state index is 5.56. The van der Waals surface area contributed by atoms with Gasteiger partial charge in [-0.15, -0.1) is 0 Å². The van der Waals surface area contributed by atoms with E-state index in [4.69, 9.17) is 4.74 Å². The highest BCUT2D eigenvalue weighted by Crippen LogP contribution is 2.31. The molecule has 4 heterocycles. The first-order chi connectivity index (χ1) is 12.6. The first-order valence-electron chi connectivity index (χ1n) is 10.4. The molecule has 0 radical (unpaired) electrons. The Morgan fingerprint density at radius 3 is 2.54 bits per heavy atom. The summed E-state index contributed by atoms with van der Waals surface area (Å²) in [7, 11) is 0. The van der Waals surface area contributed by atoms with Crippen molar-refractivity contribution in [3.05, 3.63) is 35.9 Å². The zero-order chi connectivity index (χ0) is 18.0. The van der Waals surface area contributed by atoms with Gasteiger partial charge in [-0.1, -0.05) is 30.3 Å². The molecule has 4 heteroatoms. The first-order valence-corrected chi connectivity index (χ1v) is 10.4. The van der Waals surface area contributed by atoms with E-state index in [1.165, 1.54) is 44.6 Å². The highest BCUT2D eigenvalue weighted by molar-refractivity contribution is 5.14. The van der Waals surface area contributed by atoms with E-state index in [9.17, 15) is 0 Å². The molecule has 4 saturated heterocycles. The Kier molecular flexibility index (Phi) is 5.65. The van der Waals surface area contributed by atoms with Crippen molar-refractivity contribution in [1.29, 1.82) is 0 Å². The van der Waals surface area contributed by atoms with Gasteiger partial charge in [0.05, 0.1) is 13.2 Å². The zero-order valence-electron chi connectivity index (χ0n) is 16.6. The molecular weight excluding hydrogens is 322 g/mol. The van der Waals surface area contributed by atoms with Crippen LogP contribution in [0.25, 0.3) is 0 Å². The normalized spacial score (nSPS) is 29.0. The van der Waals surface area contributed by atoms with Gasteiger partial charge in [0.15, 0.2) is 0 Å². The number of benzene rings is 1. The van der Waals surface area contributed by atoms with Crippen molar-refractivity contribution in [1.82, 2.24) is 14.7 Å². The number of hydrogen-bond acceptors (Lipinski definition) is 4. The third-order valence-corrected chi connectivity index (χ3v) is 6.61. The summed E-state index contributed by atoms with van der Waals surface area (Å²) in [4.78, 5) is 8.16. The third kappa shape index (κ3) is 4.30. The molecule has 0 unspecified atom stereocenters. The molecule has 0 aliphatic carbocycles. The summed E-state index contributed by atoms with van der Waals surface area (Å²) in [6.07, 6.45) is 2.78. The molecule has 4 aliphatic rings. The fraction of sp³-hybridized carbons (Fsp3) is 0.727. The van der Waals surface area contributed by atoms with Crippen molar-refractivity contribution in [2.75, 3.05) is 52.5 Å². The van der Waals surface area contributed by atoms with Crippen molar-refractivity contribution >= 4 is 0 Å². The minimum absolute atomic E-state index is 0.235. The van der Waals surface area contributed by atoms with Crippen molar-refractivity contribution in [2.45, 2.75) is 44.8 Å². The van der Waals surface area contributed by atoms with Crippen LogP contribution in [0.4, 0.5) is 0 Å². The standard InChI is InChI=1S/C22H35N3O/c1-22(2,25-10-12-26-13-11-25)18-24-16-20-8-9-21(24)17-23(15-20)14-19-6-4-3-5-7-19/h3-7,20-21H,8-18H2,1-2H3/t20-,21+/m0/s1. The molecule has 0 aromatic heterocycles. The molecule has 0 saturated carbocycles. The monoisotopic (exact) mass is 357 g/mol. The summed E-state index contributed by atoms with van der Waals surface area (Å²) in [5.74, 6) is 0.831. The Hall–Kier alpha value is -0.940. The van der Waals surface area contributed by atoms with Crippen LogP contribution < -0.4 is 0 Å². The molecule has 1 aromatic carbocycles. The summed E-state index contributed by atoms with van der Waals surface area (Å²) in [5, 5.41) is 0. The quantitative estimate of drug-likeness (QED) is 0.806. The van der Waals surface area contributed by atoms with Crippen molar-refractivity contribution in [3.8, 4) is 0 Å². The number of morpholine rings is 1. The fourth-order valence-corrected chi connectivity index (χ4v) is 5.21. The summed E-state index contributed by atoms with van der Waals surface area (Å²) in [6, 6.07) is 11.7. The molecule has 26 heavy (non-hydrogen) atoms. The van der Waals surface area contributed by atoms with Gasteiger partial charge < -0.3 is 4.74 Å². The molecule has 1 aromatic rings. The predicted octanol–water partition coefficient (Wildman–Crippen LogP) is 2.69. The van der Waals surface area contributed by atoms with E-state index in [1.807, 2.05) is 0 Å². The molecule has 2 bridgehead atoms. The van der Waals surface area contributed by atoms with E-state index in [0.29, 0.717) is 0 Å². The minimum Gasteiger partial charge on any atom is -0.379 e. The van der Waals surface area contributed by atoms with Crippen LogP contribution >= 0.6 is 0 Å². The van der Waals surface area contributed by atoms with Gasteiger partial charge in [0.2, 0.25) is 0 Å². The Balaban J connectivity index is 1.40. The number of fused-ring (bicyclic) bond motifs is 4. The highest BCUT2D eigenvalue weighted by Gasteiger charge is 2.38. The van der Waals surface area contributed by atoms with Crippen LogP contribution in [-0.2, 0) is 11.3 Å². The second kappa shape index (κ2) is 7.97. The lowest BCUT2D eigenvalue weighted by Gasteiger charge is -2.46. The number of piperidine rings is 1. The van der Waals surface area contributed by atoms with Gasteiger partial charge in [0.25, 0.3) is 0 Å². The Morgan fingerprint density at radius 2 is 1.77 bits per heavy atom. The average Bonchev–Trinajstić information content (AvgIpc) is 2.93. The molecule has 2 atom stereocenters. The van der Waals surface area contributed by atoms with Crippen molar-refractivity contribution < 1.29 is 4.74 Å². The Labute approximate surface area is 159 Å². The lowest BCUT2D eigenvalue weighted by molar-refractivity contribution is -0.0310. The van der Waals surface area contributed by atoms with Crippen LogP contribution in [-0.4, -0.2) is 78.8 Å². The molecular formula is C22H35N3O. The van der Waals surface area contributed by atoms with E-state index < -0.39 is 0 Å². The SMILES string of the molecule is CC(C)(CN1C[C@H]2CC[C@@H]1CN(Cc1ccccc1)C2)N1CCOCC1. The second-order valence-electron chi connectivity index (χ2n) is 9.12. The molecule has 0 amide bonds. The van der Waals surface area contributed by atoms with Gasteiger partial charge >= 0.3 is 0 Å². The fourth-order valence-electron chi connectivity index (χ4n) is 5.21. The molecule has 144 valence electrons. The van der Waals surface area contributed by atoms with Crippen LogP contribution in [0.2, 0.25) is 0 Å². The first kappa shape index (κ1) is 18.4. The topological polar surface area (TPSA) is 19.0 Å². The smallest absolute Gasteiger partial charge is 0.0594 e. The maximum Gasteiger partial charge on any atom is 0.0594 e. The van der Waals surface area contributed by atoms with E-state index in [1.54, 1.807) is 0 Å². The predicted molar refractivity (Wildman–Crippen MR) is 106 cm³/mol. The number of hydrogen-bond donors (Lipinski definition) is 0. The van der Waals surface area contributed by atoms with Gasteiger partial charge in [-0.25, -0.2) is 0 Å². The molecule has 4 aliphatic heterocycles. The van der Waals surface area contributed by atoms with Gasteiger partial charge in [0, 0.05) is 57.4 Å². The Morgan fingerprint density at radius 1 is 1.00 bits per heavy atom. The highest BCUT2D eigenvalue weighted by atomic mass is 16.5. The summed E-state index contributed by atoms with van der Waals surface area (Å²) >= 11 is 0. The van der Waals surface area contributed by atoms with Gasteiger partial charge in [-0.3, -0.25) is 14.7 Å². The number of ether oxygens (including phenoxy) is 1. The zero-order valence-corrected chi connectivity index (χ0v) is 16.6. The van der Waals surface area contributed by atoms with Crippen LogP contribution in [0.15, 0.2) is 30.3 Å². The van der Waals surface area contributed by atoms with Gasteiger partial charge in [-0.2, -0.15) is 0 Å². The van der Waals surface area contributed by atoms with Crippen molar-refractivity contribution in [2.24, 2.45) is 5.92 Å². The van der Waals surface area contributed by atoms with E-state index >= 15 is 0 Å². The lowest BCUT2D eigenvalue weighted by Crippen LogP contribution is -2.58. The van der Waals surface area contributed by atoms with E-state index in [2.05, 4.69) is 58.9 Å². The maximum atomic E-state index is 5.56. The van der Waals surface area contributed by atoms with Gasteiger partial charge in [0.1, 0.15) is 0 Å². The van der Waals surface area contributed by atoms with Crippen LogP contribution in [0.3, 0.4) is 0 Å².